The first-order valence-corrected chi connectivity index (χ1v) is 9.98. The van der Waals surface area contributed by atoms with Gasteiger partial charge in [0.15, 0.2) is 11.7 Å². The quantitative estimate of drug-likeness (QED) is 0.376. The van der Waals surface area contributed by atoms with Gasteiger partial charge in [0.25, 0.3) is 5.91 Å². The van der Waals surface area contributed by atoms with Crippen LogP contribution in [0.3, 0.4) is 0 Å². The number of aliphatic imine (C=N–C) groups is 1. The minimum Gasteiger partial charge on any atom is -0.459 e. The third kappa shape index (κ3) is 4.35. The third-order valence-electron chi connectivity index (χ3n) is 5.19. The number of rotatable bonds is 5. The van der Waals surface area contributed by atoms with Crippen LogP contribution >= 0.6 is 0 Å². The Bertz CT molecular complexity index is 1070. The van der Waals surface area contributed by atoms with Crippen LogP contribution in [0, 0.1) is 6.92 Å². The lowest BCUT2D eigenvalue weighted by Gasteiger charge is -2.30. The lowest BCUT2D eigenvalue weighted by Crippen LogP contribution is -2.38. The van der Waals surface area contributed by atoms with Crippen molar-refractivity contribution in [3.05, 3.63) is 47.9 Å². The van der Waals surface area contributed by atoms with Crippen molar-refractivity contribution in [2.24, 2.45) is 16.5 Å². The molecule has 1 saturated carbocycles. The number of benzene rings is 1. The Balaban J connectivity index is 1.68. The number of carbonyl (C=O) groups excluding carboxylic acids is 1. The summed E-state index contributed by atoms with van der Waals surface area (Å²) in [7, 11) is 0. The van der Waals surface area contributed by atoms with Crippen LogP contribution in [-0.4, -0.2) is 33.9 Å². The van der Waals surface area contributed by atoms with Crippen LogP contribution in [0.2, 0.25) is 0 Å². The predicted octanol–water partition coefficient (Wildman–Crippen LogP) is 2.78. The van der Waals surface area contributed by atoms with E-state index in [9.17, 15) is 4.79 Å². The molecule has 1 aliphatic rings. The number of hydrogen-bond acceptors (Lipinski definition) is 6. The molecule has 2 unspecified atom stereocenters. The first kappa shape index (κ1) is 19.7. The molecule has 2 heterocycles. The molecule has 2 atom stereocenters. The van der Waals surface area contributed by atoms with Gasteiger partial charge in [-0.2, -0.15) is 4.98 Å². The molecule has 0 saturated heterocycles. The van der Waals surface area contributed by atoms with Gasteiger partial charge in [-0.15, -0.1) is 0 Å². The molecule has 6 N–H and O–H groups in total. The Morgan fingerprint density at radius 1 is 1.20 bits per heavy atom. The Labute approximate surface area is 174 Å². The number of amides is 1. The van der Waals surface area contributed by atoms with Gasteiger partial charge in [0.1, 0.15) is 5.82 Å². The minimum atomic E-state index is -0.409. The number of nitrogens with two attached hydrogens (primary N) is 2. The van der Waals surface area contributed by atoms with Gasteiger partial charge in [0, 0.05) is 5.39 Å². The van der Waals surface area contributed by atoms with Gasteiger partial charge in [0.2, 0.25) is 5.95 Å². The molecular formula is C21H25N7O2. The SMILES string of the molecule is Cc1ccc2nc(NC(=O)c3ccco3)nc(NC3CCCCC3N=C(N)N)c2c1. The van der Waals surface area contributed by atoms with E-state index in [4.69, 9.17) is 15.9 Å². The Hall–Kier alpha value is -3.62. The molecule has 1 aliphatic carbocycles. The number of aryl methyl sites for hydroxylation is 1. The molecule has 2 aromatic heterocycles. The van der Waals surface area contributed by atoms with Crippen molar-refractivity contribution < 1.29 is 9.21 Å². The summed E-state index contributed by atoms with van der Waals surface area (Å²) in [5.41, 5.74) is 13.1. The summed E-state index contributed by atoms with van der Waals surface area (Å²) in [5, 5.41) is 7.10. The monoisotopic (exact) mass is 407 g/mol. The van der Waals surface area contributed by atoms with Gasteiger partial charge < -0.3 is 21.2 Å². The number of fused-ring (bicyclic) bond motifs is 1. The topological polar surface area (TPSA) is 144 Å². The van der Waals surface area contributed by atoms with Gasteiger partial charge in [-0.3, -0.25) is 10.1 Å². The predicted molar refractivity (Wildman–Crippen MR) is 116 cm³/mol. The fourth-order valence-corrected chi connectivity index (χ4v) is 3.78. The summed E-state index contributed by atoms with van der Waals surface area (Å²) in [6, 6.07) is 9.15. The molecule has 156 valence electrons. The first-order valence-electron chi connectivity index (χ1n) is 9.98. The molecule has 9 heteroatoms. The van der Waals surface area contributed by atoms with Gasteiger partial charge in [-0.05, 0) is 44.0 Å². The zero-order chi connectivity index (χ0) is 21.1. The standard InChI is InChI=1S/C21H25N7O2/c1-12-8-9-14-13(11-12)18(24-15-5-2-3-6-16(15)25-20(22)23)27-21(26-14)28-19(29)17-7-4-10-30-17/h4,7-11,15-16H,2-3,5-6H2,1H3,(H4,22,23,25)(H2,24,26,27,28,29). The van der Waals surface area contributed by atoms with Crippen molar-refractivity contribution in [2.75, 3.05) is 10.6 Å². The van der Waals surface area contributed by atoms with E-state index >= 15 is 0 Å². The molecule has 0 aliphatic heterocycles. The summed E-state index contributed by atoms with van der Waals surface area (Å²) in [4.78, 5) is 25.9. The van der Waals surface area contributed by atoms with Crippen molar-refractivity contribution >= 4 is 34.5 Å². The van der Waals surface area contributed by atoms with Crippen molar-refractivity contribution in [3.63, 3.8) is 0 Å². The van der Waals surface area contributed by atoms with Gasteiger partial charge in [-0.1, -0.05) is 24.5 Å². The summed E-state index contributed by atoms with van der Waals surface area (Å²) in [6.45, 7) is 2.01. The minimum absolute atomic E-state index is 0.0280. The average Bonchev–Trinajstić information content (AvgIpc) is 3.25. The highest BCUT2D eigenvalue weighted by Gasteiger charge is 2.26. The maximum absolute atomic E-state index is 12.4. The van der Waals surface area contributed by atoms with Crippen molar-refractivity contribution in [3.8, 4) is 0 Å². The van der Waals surface area contributed by atoms with E-state index in [2.05, 4.69) is 25.6 Å². The zero-order valence-corrected chi connectivity index (χ0v) is 16.8. The summed E-state index contributed by atoms with van der Waals surface area (Å²) in [5.74, 6) is 0.708. The van der Waals surface area contributed by atoms with E-state index in [0.29, 0.717) is 5.82 Å². The van der Waals surface area contributed by atoms with Crippen molar-refractivity contribution in [2.45, 2.75) is 44.7 Å². The number of furan rings is 1. The molecule has 0 bridgehead atoms. The fraction of sp³-hybridized carbons (Fsp3) is 0.333. The normalized spacial score (nSPS) is 18.7. The van der Waals surface area contributed by atoms with E-state index in [1.54, 1.807) is 12.1 Å². The average molecular weight is 407 g/mol. The van der Waals surface area contributed by atoms with E-state index in [1.807, 2.05) is 25.1 Å². The first-order chi connectivity index (χ1) is 14.5. The molecule has 1 aromatic carbocycles. The van der Waals surface area contributed by atoms with Crippen LogP contribution in [0.1, 0.15) is 41.8 Å². The maximum atomic E-state index is 12.4. The van der Waals surface area contributed by atoms with Crippen LogP contribution in [0.15, 0.2) is 46.0 Å². The molecule has 30 heavy (non-hydrogen) atoms. The van der Waals surface area contributed by atoms with Gasteiger partial charge >= 0.3 is 0 Å². The number of nitrogens with zero attached hydrogens (tertiary/aromatic N) is 3. The number of anilines is 2. The van der Waals surface area contributed by atoms with E-state index < -0.39 is 5.91 Å². The van der Waals surface area contributed by atoms with Crippen LogP contribution in [-0.2, 0) is 0 Å². The molecule has 3 aromatic rings. The second kappa shape index (κ2) is 8.40. The Morgan fingerprint density at radius 2 is 2.03 bits per heavy atom. The molecule has 1 amide bonds. The van der Waals surface area contributed by atoms with Gasteiger partial charge in [-0.25, -0.2) is 9.98 Å². The highest BCUT2D eigenvalue weighted by molar-refractivity contribution is 6.02. The number of hydrogen-bond donors (Lipinski definition) is 4. The number of aromatic nitrogens is 2. The second-order valence-electron chi connectivity index (χ2n) is 7.50. The van der Waals surface area contributed by atoms with Crippen LogP contribution in [0.4, 0.5) is 11.8 Å². The lowest BCUT2D eigenvalue weighted by atomic mass is 9.90. The number of carbonyl (C=O) groups is 1. The summed E-state index contributed by atoms with van der Waals surface area (Å²) >= 11 is 0. The molecule has 1 fully saturated rings. The number of nitrogens with one attached hydrogen (secondary N) is 2. The molecule has 0 radical (unpaired) electrons. The van der Waals surface area contributed by atoms with Crippen LogP contribution in [0.5, 0.6) is 0 Å². The Morgan fingerprint density at radius 3 is 2.80 bits per heavy atom. The van der Waals surface area contributed by atoms with E-state index in [-0.39, 0.29) is 29.8 Å². The van der Waals surface area contributed by atoms with Crippen LogP contribution in [0.25, 0.3) is 10.9 Å². The second-order valence-corrected chi connectivity index (χ2v) is 7.50. The third-order valence-corrected chi connectivity index (χ3v) is 5.19. The van der Waals surface area contributed by atoms with Crippen molar-refractivity contribution in [1.82, 2.24) is 9.97 Å². The zero-order valence-electron chi connectivity index (χ0n) is 16.8. The highest BCUT2D eigenvalue weighted by Crippen LogP contribution is 2.29. The number of guanidine groups is 1. The Kier molecular flexibility index (Phi) is 5.51. The maximum Gasteiger partial charge on any atom is 0.293 e. The fourth-order valence-electron chi connectivity index (χ4n) is 3.78. The van der Waals surface area contributed by atoms with E-state index in [0.717, 1.165) is 42.1 Å². The van der Waals surface area contributed by atoms with Gasteiger partial charge in [0.05, 0.1) is 23.9 Å². The molecule has 4 rings (SSSR count). The largest absolute Gasteiger partial charge is 0.459 e. The lowest BCUT2D eigenvalue weighted by molar-refractivity contribution is 0.0996. The van der Waals surface area contributed by atoms with E-state index in [1.165, 1.54) is 6.26 Å². The van der Waals surface area contributed by atoms with Crippen LogP contribution < -0.4 is 22.1 Å². The summed E-state index contributed by atoms with van der Waals surface area (Å²) in [6.07, 6.45) is 5.43. The smallest absolute Gasteiger partial charge is 0.293 e. The van der Waals surface area contributed by atoms with Crippen molar-refractivity contribution in [1.29, 1.82) is 0 Å². The molecule has 0 spiro atoms. The summed E-state index contributed by atoms with van der Waals surface area (Å²) < 4.78 is 5.15. The highest BCUT2D eigenvalue weighted by atomic mass is 16.3. The molecular weight excluding hydrogens is 382 g/mol. The molecule has 9 nitrogen and oxygen atoms in total.